The lowest BCUT2D eigenvalue weighted by Gasteiger charge is -2.13. The number of anilines is 1. The van der Waals surface area contributed by atoms with Crippen LogP contribution in [0.25, 0.3) is 0 Å². The zero-order valence-electron chi connectivity index (χ0n) is 12.6. The molecule has 0 saturated heterocycles. The summed E-state index contributed by atoms with van der Waals surface area (Å²) in [4.78, 5) is 0. The van der Waals surface area contributed by atoms with Gasteiger partial charge in [0, 0.05) is 12.2 Å². The van der Waals surface area contributed by atoms with Crippen molar-refractivity contribution < 1.29 is 0 Å². The largest absolute Gasteiger partial charge is 0.362 e. The van der Waals surface area contributed by atoms with E-state index in [0.29, 0.717) is 5.11 Å². The van der Waals surface area contributed by atoms with E-state index in [9.17, 15) is 0 Å². The van der Waals surface area contributed by atoms with Crippen LogP contribution < -0.4 is 10.6 Å². The summed E-state index contributed by atoms with van der Waals surface area (Å²) in [5.74, 6) is 0. The number of hydrogen-bond acceptors (Lipinski definition) is 1. The van der Waals surface area contributed by atoms with Crippen molar-refractivity contribution in [2.45, 2.75) is 26.7 Å². The van der Waals surface area contributed by atoms with Gasteiger partial charge in [-0.25, -0.2) is 0 Å². The second-order valence-corrected chi connectivity index (χ2v) is 5.70. The monoisotopic (exact) mass is 298 g/mol. The van der Waals surface area contributed by atoms with E-state index >= 15 is 0 Å². The first-order valence-corrected chi connectivity index (χ1v) is 7.72. The van der Waals surface area contributed by atoms with Gasteiger partial charge in [0.05, 0.1) is 0 Å². The van der Waals surface area contributed by atoms with Gasteiger partial charge in [-0.15, -0.1) is 0 Å². The highest BCUT2D eigenvalue weighted by Crippen LogP contribution is 2.16. The summed E-state index contributed by atoms with van der Waals surface area (Å²) in [6.07, 6.45) is 2.14. The normalized spacial score (nSPS) is 10.2. The van der Waals surface area contributed by atoms with Gasteiger partial charge in [-0.1, -0.05) is 42.5 Å². The molecule has 0 unspecified atom stereocenters. The molecular formula is C18H22N2S. The van der Waals surface area contributed by atoms with E-state index in [0.717, 1.165) is 25.1 Å². The van der Waals surface area contributed by atoms with Crippen LogP contribution in [0.2, 0.25) is 0 Å². The first kappa shape index (κ1) is 15.5. The van der Waals surface area contributed by atoms with Crippen LogP contribution in [-0.4, -0.2) is 11.7 Å². The van der Waals surface area contributed by atoms with Crippen LogP contribution in [0.3, 0.4) is 0 Å². The number of aryl methyl sites for hydroxylation is 3. The molecule has 0 saturated carbocycles. The fourth-order valence-electron chi connectivity index (χ4n) is 2.18. The Bertz CT molecular complexity index is 593. The molecule has 21 heavy (non-hydrogen) atoms. The third-order valence-electron chi connectivity index (χ3n) is 3.41. The molecule has 0 aromatic heterocycles. The van der Waals surface area contributed by atoms with Gasteiger partial charge in [0.25, 0.3) is 0 Å². The number of rotatable bonds is 5. The minimum atomic E-state index is 0.691. The van der Waals surface area contributed by atoms with E-state index in [1.165, 1.54) is 16.7 Å². The Morgan fingerprint density at radius 1 is 1.05 bits per heavy atom. The maximum atomic E-state index is 5.35. The Hall–Kier alpha value is -1.87. The summed E-state index contributed by atoms with van der Waals surface area (Å²) in [5.41, 5.74) is 4.88. The highest BCUT2D eigenvalue weighted by molar-refractivity contribution is 7.80. The molecule has 0 fully saturated rings. The zero-order chi connectivity index (χ0) is 15.1. The van der Waals surface area contributed by atoms with Crippen LogP contribution in [0.5, 0.6) is 0 Å². The van der Waals surface area contributed by atoms with Crippen molar-refractivity contribution in [2.75, 3.05) is 11.9 Å². The van der Waals surface area contributed by atoms with Gasteiger partial charge in [-0.05, 0) is 61.7 Å². The third kappa shape index (κ3) is 5.20. The lowest BCUT2D eigenvalue weighted by Crippen LogP contribution is -2.29. The van der Waals surface area contributed by atoms with E-state index in [2.05, 4.69) is 66.9 Å². The fourth-order valence-corrected chi connectivity index (χ4v) is 2.39. The molecule has 0 radical (unpaired) electrons. The van der Waals surface area contributed by atoms with E-state index in [-0.39, 0.29) is 0 Å². The zero-order valence-corrected chi connectivity index (χ0v) is 13.5. The van der Waals surface area contributed by atoms with Crippen LogP contribution >= 0.6 is 12.2 Å². The summed E-state index contributed by atoms with van der Waals surface area (Å²) in [6.45, 7) is 5.05. The van der Waals surface area contributed by atoms with Crippen LogP contribution in [0, 0.1) is 13.8 Å². The van der Waals surface area contributed by atoms with Crippen LogP contribution in [0.1, 0.15) is 23.1 Å². The highest BCUT2D eigenvalue weighted by Gasteiger charge is 2.01. The molecule has 0 amide bonds. The summed E-state index contributed by atoms with van der Waals surface area (Å²) in [5, 5.41) is 7.23. The summed E-state index contributed by atoms with van der Waals surface area (Å²) < 4.78 is 0. The maximum absolute atomic E-state index is 5.35. The molecular weight excluding hydrogens is 276 g/mol. The van der Waals surface area contributed by atoms with Gasteiger partial charge < -0.3 is 10.6 Å². The quantitative estimate of drug-likeness (QED) is 0.638. The average molecular weight is 298 g/mol. The predicted octanol–water partition coefficient (Wildman–Crippen LogP) is 4.22. The summed E-state index contributed by atoms with van der Waals surface area (Å²) in [6, 6.07) is 16.9. The minimum absolute atomic E-state index is 0.691. The Labute approximate surface area is 132 Å². The van der Waals surface area contributed by atoms with Crippen LogP contribution in [-0.2, 0) is 6.42 Å². The molecule has 2 aromatic carbocycles. The smallest absolute Gasteiger partial charge is 0.170 e. The summed E-state index contributed by atoms with van der Waals surface area (Å²) >= 11 is 5.35. The lowest BCUT2D eigenvalue weighted by atomic mass is 10.1. The molecule has 110 valence electrons. The number of nitrogens with one attached hydrogen (secondary N) is 2. The first-order chi connectivity index (χ1) is 10.1. The van der Waals surface area contributed by atoms with Crippen molar-refractivity contribution in [3.63, 3.8) is 0 Å². The van der Waals surface area contributed by atoms with Crippen molar-refractivity contribution in [3.05, 3.63) is 65.2 Å². The minimum Gasteiger partial charge on any atom is -0.362 e. The van der Waals surface area contributed by atoms with Crippen molar-refractivity contribution in [3.8, 4) is 0 Å². The molecule has 0 aliphatic heterocycles. The Balaban J connectivity index is 1.74. The van der Waals surface area contributed by atoms with Gasteiger partial charge in [0.15, 0.2) is 5.11 Å². The molecule has 0 heterocycles. The third-order valence-corrected chi connectivity index (χ3v) is 3.66. The molecule has 3 heteroatoms. The van der Waals surface area contributed by atoms with Gasteiger partial charge >= 0.3 is 0 Å². The number of benzene rings is 2. The maximum Gasteiger partial charge on any atom is 0.170 e. The molecule has 2 rings (SSSR count). The number of hydrogen-bond donors (Lipinski definition) is 2. The van der Waals surface area contributed by atoms with Crippen molar-refractivity contribution >= 4 is 23.0 Å². The lowest BCUT2D eigenvalue weighted by molar-refractivity contribution is 0.777. The Kier molecular flexibility index (Phi) is 5.76. The Morgan fingerprint density at radius 3 is 2.57 bits per heavy atom. The van der Waals surface area contributed by atoms with Crippen LogP contribution in [0.15, 0.2) is 48.5 Å². The second-order valence-electron chi connectivity index (χ2n) is 5.29. The van der Waals surface area contributed by atoms with E-state index in [1.807, 2.05) is 6.07 Å². The van der Waals surface area contributed by atoms with E-state index < -0.39 is 0 Å². The van der Waals surface area contributed by atoms with Gasteiger partial charge in [-0.2, -0.15) is 0 Å². The summed E-state index contributed by atoms with van der Waals surface area (Å²) in [7, 11) is 0. The van der Waals surface area contributed by atoms with Crippen LogP contribution in [0.4, 0.5) is 5.69 Å². The molecule has 2 aromatic rings. The van der Waals surface area contributed by atoms with Gasteiger partial charge in [0.1, 0.15) is 0 Å². The van der Waals surface area contributed by atoms with Gasteiger partial charge in [0.2, 0.25) is 0 Å². The standard InChI is InChI=1S/C18H22N2S/c1-14-10-11-15(2)17(13-14)20-18(21)19-12-6-9-16-7-4-3-5-8-16/h3-5,7-8,10-11,13H,6,9,12H2,1-2H3,(H2,19,20,21). The highest BCUT2D eigenvalue weighted by atomic mass is 32.1. The molecule has 0 bridgehead atoms. The second kappa shape index (κ2) is 7.79. The Morgan fingerprint density at radius 2 is 1.81 bits per heavy atom. The predicted molar refractivity (Wildman–Crippen MR) is 94.9 cm³/mol. The molecule has 0 atom stereocenters. The molecule has 2 nitrogen and oxygen atoms in total. The van der Waals surface area contributed by atoms with E-state index in [1.54, 1.807) is 0 Å². The average Bonchev–Trinajstić information content (AvgIpc) is 2.48. The molecule has 0 aliphatic rings. The molecule has 0 spiro atoms. The van der Waals surface area contributed by atoms with Crippen molar-refractivity contribution in [2.24, 2.45) is 0 Å². The molecule has 2 N–H and O–H groups in total. The van der Waals surface area contributed by atoms with Crippen molar-refractivity contribution in [1.82, 2.24) is 5.32 Å². The SMILES string of the molecule is Cc1ccc(C)c(NC(=S)NCCCc2ccccc2)c1. The van der Waals surface area contributed by atoms with E-state index in [4.69, 9.17) is 12.2 Å². The molecule has 0 aliphatic carbocycles. The van der Waals surface area contributed by atoms with Gasteiger partial charge in [-0.3, -0.25) is 0 Å². The number of thiocarbonyl (C=S) groups is 1. The topological polar surface area (TPSA) is 24.1 Å². The first-order valence-electron chi connectivity index (χ1n) is 7.31. The van der Waals surface area contributed by atoms with Crippen molar-refractivity contribution in [1.29, 1.82) is 0 Å². The fraction of sp³-hybridized carbons (Fsp3) is 0.278.